The minimum Gasteiger partial charge on any atom is -0.364 e. The summed E-state index contributed by atoms with van der Waals surface area (Å²) in [6.45, 7) is 0.319. The second-order valence-electron chi connectivity index (χ2n) is 2.08. The number of rotatable bonds is 2. The van der Waals surface area contributed by atoms with E-state index in [0.717, 1.165) is 0 Å². The van der Waals surface area contributed by atoms with E-state index in [2.05, 4.69) is 0 Å². The van der Waals surface area contributed by atoms with E-state index in [0.29, 0.717) is 6.73 Å². The number of methoxy groups -OCH3 is 1. The molecule has 0 saturated carbocycles. The summed E-state index contributed by atoms with van der Waals surface area (Å²) < 4.78 is 7.76. The van der Waals surface area contributed by atoms with Crippen molar-refractivity contribution in [3.63, 3.8) is 0 Å². The first-order valence-electron chi connectivity index (χ1n) is 2.96. The van der Waals surface area contributed by atoms with Crippen molar-refractivity contribution in [3.8, 4) is 0 Å². The maximum Gasteiger partial charge on any atom is 0.329 e. The quantitative estimate of drug-likeness (QED) is 0.573. The lowest BCUT2D eigenvalue weighted by Crippen LogP contribution is -2.22. The molecular weight excluding hydrogens is 132 g/mol. The summed E-state index contributed by atoms with van der Waals surface area (Å²) in [4.78, 5) is 11.0. The van der Waals surface area contributed by atoms with Crippen molar-refractivity contribution in [1.29, 1.82) is 0 Å². The highest BCUT2D eigenvalue weighted by molar-refractivity contribution is 4.78. The SMILES string of the molecule is COCn1ccn(C)c1=O. The van der Waals surface area contributed by atoms with Crippen LogP contribution in [-0.4, -0.2) is 16.2 Å². The van der Waals surface area contributed by atoms with Gasteiger partial charge in [-0.1, -0.05) is 0 Å². The Morgan fingerprint density at radius 3 is 2.70 bits per heavy atom. The van der Waals surface area contributed by atoms with Crippen LogP contribution in [0, 0.1) is 0 Å². The molecule has 0 unspecified atom stereocenters. The maximum atomic E-state index is 11.0. The molecule has 1 aromatic heterocycles. The Morgan fingerprint density at radius 1 is 1.60 bits per heavy atom. The van der Waals surface area contributed by atoms with E-state index in [1.54, 1.807) is 26.6 Å². The van der Waals surface area contributed by atoms with Gasteiger partial charge < -0.3 is 9.30 Å². The van der Waals surface area contributed by atoms with Gasteiger partial charge in [-0.3, -0.25) is 4.57 Å². The first kappa shape index (κ1) is 7.08. The largest absolute Gasteiger partial charge is 0.364 e. The van der Waals surface area contributed by atoms with Gasteiger partial charge in [0.2, 0.25) is 0 Å². The standard InChI is InChI=1S/C6H10N2O2/c1-7-3-4-8(5-10-2)6(7)9/h3-4H,5H2,1-2H3. The third-order valence-corrected chi connectivity index (χ3v) is 1.29. The molecule has 0 saturated heterocycles. The molecule has 0 bridgehead atoms. The van der Waals surface area contributed by atoms with Gasteiger partial charge in [0.25, 0.3) is 0 Å². The van der Waals surface area contributed by atoms with Crippen LogP contribution in [0.3, 0.4) is 0 Å². The van der Waals surface area contributed by atoms with E-state index < -0.39 is 0 Å². The van der Waals surface area contributed by atoms with E-state index in [-0.39, 0.29) is 5.69 Å². The van der Waals surface area contributed by atoms with Crippen LogP contribution in [0.2, 0.25) is 0 Å². The van der Waals surface area contributed by atoms with Crippen molar-refractivity contribution in [3.05, 3.63) is 22.9 Å². The summed E-state index contributed by atoms with van der Waals surface area (Å²) >= 11 is 0. The van der Waals surface area contributed by atoms with E-state index in [4.69, 9.17) is 4.74 Å². The molecule has 4 nitrogen and oxygen atoms in total. The minimum atomic E-state index is -0.0538. The molecule has 0 amide bonds. The van der Waals surface area contributed by atoms with Crippen molar-refractivity contribution in [2.45, 2.75) is 6.73 Å². The van der Waals surface area contributed by atoms with Gasteiger partial charge in [-0.25, -0.2) is 4.79 Å². The summed E-state index contributed by atoms with van der Waals surface area (Å²) in [7, 11) is 3.26. The predicted molar refractivity (Wildman–Crippen MR) is 36.7 cm³/mol. The van der Waals surface area contributed by atoms with Crippen LogP contribution in [0.25, 0.3) is 0 Å². The van der Waals surface area contributed by atoms with E-state index in [1.165, 1.54) is 9.13 Å². The van der Waals surface area contributed by atoms with Crippen molar-refractivity contribution in [2.75, 3.05) is 7.11 Å². The average molecular weight is 142 g/mol. The molecule has 0 spiro atoms. The normalized spacial score (nSPS) is 10.2. The molecule has 0 aliphatic carbocycles. The molecule has 10 heavy (non-hydrogen) atoms. The predicted octanol–water partition coefficient (Wildman–Crippen LogP) is -0.209. The fraction of sp³-hybridized carbons (Fsp3) is 0.500. The lowest BCUT2D eigenvalue weighted by Gasteiger charge is -1.95. The monoisotopic (exact) mass is 142 g/mol. The Bertz CT molecular complexity index is 261. The molecular formula is C6H10N2O2. The molecule has 56 valence electrons. The third kappa shape index (κ3) is 1.11. The van der Waals surface area contributed by atoms with Gasteiger partial charge in [-0.05, 0) is 0 Å². The minimum absolute atomic E-state index is 0.0538. The molecule has 1 rings (SSSR count). The van der Waals surface area contributed by atoms with Crippen LogP contribution < -0.4 is 5.69 Å². The van der Waals surface area contributed by atoms with Gasteiger partial charge in [0, 0.05) is 26.6 Å². The van der Waals surface area contributed by atoms with Crippen molar-refractivity contribution >= 4 is 0 Å². The number of aryl methyl sites for hydroxylation is 1. The topological polar surface area (TPSA) is 36.2 Å². The number of imidazole rings is 1. The Balaban J connectivity index is 2.95. The number of hydrogen-bond acceptors (Lipinski definition) is 2. The zero-order valence-electron chi connectivity index (χ0n) is 6.07. The fourth-order valence-corrected chi connectivity index (χ4v) is 0.748. The second-order valence-corrected chi connectivity index (χ2v) is 2.08. The number of hydrogen-bond donors (Lipinski definition) is 0. The zero-order chi connectivity index (χ0) is 7.56. The number of ether oxygens (including phenoxy) is 1. The van der Waals surface area contributed by atoms with Crippen LogP contribution in [0.15, 0.2) is 17.2 Å². The first-order chi connectivity index (χ1) is 4.75. The molecule has 0 radical (unpaired) electrons. The third-order valence-electron chi connectivity index (χ3n) is 1.29. The summed E-state index contributed by atoms with van der Waals surface area (Å²) in [5.41, 5.74) is -0.0538. The summed E-state index contributed by atoms with van der Waals surface area (Å²) in [5, 5.41) is 0. The molecule has 1 aromatic rings. The Morgan fingerprint density at radius 2 is 2.30 bits per heavy atom. The second kappa shape index (κ2) is 2.70. The molecule has 0 aromatic carbocycles. The molecule has 1 heterocycles. The van der Waals surface area contributed by atoms with Crippen LogP contribution in [0.5, 0.6) is 0 Å². The highest BCUT2D eigenvalue weighted by Crippen LogP contribution is 1.80. The highest BCUT2D eigenvalue weighted by Gasteiger charge is 1.95. The molecule has 0 aliphatic rings. The Kier molecular flexibility index (Phi) is 1.91. The van der Waals surface area contributed by atoms with Crippen LogP contribution in [0.1, 0.15) is 0 Å². The summed E-state index contributed by atoms with van der Waals surface area (Å²) in [6.07, 6.45) is 3.38. The van der Waals surface area contributed by atoms with Crippen molar-refractivity contribution < 1.29 is 4.74 Å². The highest BCUT2D eigenvalue weighted by atomic mass is 16.5. The van der Waals surface area contributed by atoms with Gasteiger partial charge in [-0.15, -0.1) is 0 Å². The smallest absolute Gasteiger partial charge is 0.329 e. The van der Waals surface area contributed by atoms with Gasteiger partial charge in [0.05, 0.1) is 0 Å². The van der Waals surface area contributed by atoms with Crippen LogP contribution >= 0.6 is 0 Å². The molecule has 0 aliphatic heterocycles. The van der Waals surface area contributed by atoms with Gasteiger partial charge >= 0.3 is 5.69 Å². The summed E-state index contributed by atoms with van der Waals surface area (Å²) in [6, 6.07) is 0. The van der Waals surface area contributed by atoms with E-state index in [9.17, 15) is 4.79 Å². The maximum absolute atomic E-state index is 11.0. The lowest BCUT2D eigenvalue weighted by atomic mass is 10.9. The molecule has 0 atom stereocenters. The van der Waals surface area contributed by atoms with Crippen LogP contribution in [-0.2, 0) is 18.5 Å². The first-order valence-corrected chi connectivity index (χ1v) is 2.96. The Hall–Kier alpha value is -1.03. The van der Waals surface area contributed by atoms with E-state index >= 15 is 0 Å². The Labute approximate surface area is 58.7 Å². The number of aromatic nitrogens is 2. The zero-order valence-corrected chi connectivity index (χ0v) is 6.07. The molecule has 0 fully saturated rings. The van der Waals surface area contributed by atoms with Gasteiger partial charge in [-0.2, -0.15) is 0 Å². The van der Waals surface area contributed by atoms with Gasteiger partial charge in [0.1, 0.15) is 6.73 Å². The van der Waals surface area contributed by atoms with E-state index in [1.807, 2.05) is 0 Å². The lowest BCUT2D eigenvalue weighted by molar-refractivity contribution is 0.128. The molecule has 0 N–H and O–H groups in total. The average Bonchev–Trinajstić information content (AvgIpc) is 2.20. The van der Waals surface area contributed by atoms with Gasteiger partial charge in [0.15, 0.2) is 0 Å². The molecule has 4 heteroatoms. The van der Waals surface area contributed by atoms with Crippen molar-refractivity contribution in [2.24, 2.45) is 7.05 Å². The number of nitrogens with zero attached hydrogens (tertiary/aromatic N) is 2. The fourth-order valence-electron chi connectivity index (χ4n) is 0.748. The summed E-state index contributed by atoms with van der Waals surface area (Å²) in [5.74, 6) is 0. The van der Waals surface area contributed by atoms with Crippen molar-refractivity contribution in [1.82, 2.24) is 9.13 Å². The van der Waals surface area contributed by atoms with Crippen LogP contribution in [0.4, 0.5) is 0 Å².